The number of aromatic nitrogens is 5. The molecule has 0 aliphatic rings. The Balaban J connectivity index is 1.61. The molecule has 6 nitrogen and oxygen atoms in total. The van der Waals surface area contributed by atoms with Gasteiger partial charge in [-0.2, -0.15) is 9.50 Å². The lowest BCUT2D eigenvalue weighted by Crippen LogP contribution is -2.03. The van der Waals surface area contributed by atoms with Crippen molar-refractivity contribution < 1.29 is 0 Å². The molecule has 0 spiro atoms. The van der Waals surface area contributed by atoms with E-state index in [-0.39, 0.29) is 0 Å². The zero-order valence-electron chi connectivity index (χ0n) is 15.4. The second kappa shape index (κ2) is 6.74. The first-order valence-corrected chi connectivity index (χ1v) is 9.23. The summed E-state index contributed by atoms with van der Waals surface area (Å²) in [6.07, 6.45) is 4.31. The number of aryl methyl sites for hydroxylation is 1. The monoisotopic (exact) mass is 366 g/mol. The SMILES string of the molecule is CCc1cc(Nc2ccc3ccccc3c2)n2nc(-c3cccnc3)nc2n1. The number of fused-ring (bicyclic) bond motifs is 2. The van der Waals surface area contributed by atoms with Crippen LogP contribution in [0.5, 0.6) is 0 Å². The first kappa shape index (κ1) is 16.4. The van der Waals surface area contributed by atoms with E-state index < -0.39 is 0 Å². The second-order valence-corrected chi connectivity index (χ2v) is 6.56. The minimum atomic E-state index is 0.571. The highest BCUT2D eigenvalue weighted by atomic mass is 15.4. The van der Waals surface area contributed by atoms with Crippen LogP contribution in [0.4, 0.5) is 11.5 Å². The lowest BCUT2D eigenvalue weighted by Gasteiger charge is -2.10. The third-order valence-electron chi connectivity index (χ3n) is 4.67. The molecule has 0 fully saturated rings. The molecule has 0 saturated carbocycles. The highest BCUT2D eigenvalue weighted by molar-refractivity contribution is 5.86. The summed E-state index contributed by atoms with van der Waals surface area (Å²) < 4.78 is 1.75. The maximum absolute atomic E-state index is 4.66. The predicted octanol–water partition coefficient (Wildman–Crippen LogP) is 4.65. The van der Waals surface area contributed by atoms with E-state index in [1.165, 1.54) is 10.8 Å². The Morgan fingerprint density at radius 1 is 0.929 bits per heavy atom. The Hall–Kier alpha value is -3.80. The molecule has 6 heteroatoms. The number of nitrogens with zero attached hydrogens (tertiary/aromatic N) is 5. The molecular formula is C22H18N6. The lowest BCUT2D eigenvalue weighted by atomic mass is 10.1. The van der Waals surface area contributed by atoms with Crippen molar-refractivity contribution >= 4 is 28.1 Å². The van der Waals surface area contributed by atoms with Crippen molar-refractivity contribution in [2.24, 2.45) is 0 Å². The zero-order chi connectivity index (χ0) is 18.9. The lowest BCUT2D eigenvalue weighted by molar-refractivity contribution is 0.920. The molecular weight excluding hydrogens is 348 g/mol. The molecule has 5 rings (SSSR count). The quantitative estimate of drug-likeness (QED) is 0.502. The van der Waals surface area contributed by atoms with Crippen LogP contribution in [0, 0.1) is 0 Å². The number of benzene rings is 2. The van der Waals surface area contributed by atoms with Crippen molar-refractivity contribution in [2.45, 2.75) is 13.3 Å². The third-order valence-corrected chi connectivity index (χ3v) is 4.67. The van der Waals surface area contributed by atoms with Crippen LogP contribution in [0.1, 0.15) is 12.6 Å². The van der Waals surface area contributed by atoms with E-state index >= 15 is 0 Å². The fourth-order valence-electron chi connectivity index (χ4n) is 3.22. The van der Waals surface area contributed by atoms with Gasteiger partial charge in [0.15, 0.2) is 5.82 Å². The minimum absolute atomic E-state index is 0.571. The summed E-state index contributed by atoms with van der Waals surface area (Å²) in [5, 5.41) is 10.5. The first-order chi connectivity index (χ1) is 13.8. The topological polar surface area (TPSA) is 68.0 Å². The molecule has 3 aromatic heterocycles. The van der Waals surface area contributed by atoms with E-state index in [4.69, 9.17) is 0 Å². The van der Waals surface area contributed by atoms with Gasteiger partial charge in [0.25, 0.3) is 5.78 Å². The molecule has 0 aliphatic heterocycles. The molecule has 0 radical (unpaired) electrons. The Labute approximate surface area is 161 Å². The first-order valence-electron chi connectivity index (χ1n) is 9.23. The number of pyridine rings is 1. The van der Waals surface area contributed by atoms with Crippen LogP contribution in [-0.4, -0.2) is 24.6 Å². The third kappa shape index (κ3) is 2.95. The van der Waals surface area contributed by atoms with Gasteiger partial charge in [0, 0.05) is 35.4 Å². The highest BCUT2D eigenvalue weighted by Crippen LogP contribution is 2.24. The van der Waals surface area contributed by atoms with Crippen LogP contribution in [0.2, 0.25) is 0 Å². The molecule has 136 valence electrons. The smallest absolute Gasteiger partial charge is 0.254 e. The van der Waals surface area contributed by atoms with E-state index in [0.29, 0.717) is 11.6 Å². The zero-order valence-corrected chi connectivity index (χ0v) is 15.4. The Morgan fingerprint density at radius 2 is 1.82 bits per heavy atom. The van der Waals surface area contributed by atoms with Crippen molar-refractivity contribution in [3.8, 4) is 11.4 Å². The van der Waals surface area contributed by atoms with E-state index in [0.717, 1.165) is 29.2 Å². The van der Waals surface area contributed by atoms with Gasteiger partial charge in [-0.05, 0) is 41.5 Å². The molecule has 0 atom stereocenters. The predicted molar refractivity (Wildman–Crippen MR) is 111 cm³/mol. The molecule has 0 saturated heterocycles. The van der Waals surface area contributed by atoms with E-state index in [1.54, 1.807) is 16.9 Å². The van der Waals surface area contributed by atoms with Gasteiger partial charge < -0.3 is 5.32 Å². The summed E-state index contributed by atoms with van der Waals surface area (Å²) in [7, 11) is 0. The van der Waals surface area contributed by atoms with E-state index in [2.05, 4.69) is 62.6 Å². The molecule has 0 aliphatic carbocycles. The Morgan fingerprint density at radius 3 is 2.64 bits per heavy atom. The summed E-state index contributed by atoms with van der Waals surface area (Å²) in [5.74, 6) is 2.01. The molecule has 0 amide bonds. The summed E-state index contributed by atoms with van der Waals surface area (Å²) in [6, 6.07) is 20.5. The van der Waals surface area contributed by atoms with Gasteiger partial charge in [0.05, 0.1) is 0 Å². The van der Waals surface area contributed by atoms with Gasteiger partial charge in [0.1, 0.15) is 5.82 Å². The summed E-state index contributed by atoms with van der Waals surface area (Å²) in [5.41, 5.74) is 2.82. The fourth-order valence-corrected chi connectivity index (χ4v) is 3.22. The van der Waals surface area contributed by atoms with E-state index in [1.807, 2.05) is 30.3 Å². The standard InChI is InChI=1S/C22H18N6/c1-2-18-13-20(24-19-10-9-15-6-3-4-7-16(15)12-19)28-22(25-18)26-21(27-28)17-8-5-11-23-14-17/h3-14,24H,2H2,1H3. The van der Waals surface area contributed by atoms with Gasteiger partial charge in [0.2, 0.25) is 0 Å². The van der Waals surface area contributed by atoms with Crippen LogP contribution in [0.15, 0.2) is 73.1 Å². The van der Waals surface area contributed by atoms with Crippen LogP contribution < -0.4 is 5.32 Å². The molecule has 1 N–H and O–H groups in total. The molecule has 2 aromatic carbocycles. The molecule has 28 heavy (non-hydrogen) atoms. The van der Waals surface area contributed by atoms with Crippen LogP contribution in [0.25, 0.3) is 27.9 Å². The van der Waals surface area contributed by atoms with E-state index in [9.17, 15) is 0 Å². The summed E-state index contributed by atoms with van der Waals surface area (Å²) in [4.78, 5) is 13.4. The minimum Gasteiger partial charge on any atom is -0.340 e. The average molecular weight is 366 g/mol. The van der Waals surface area contributed by atoms with Gasteiger partial charge >= 0.3 is 0 Å². The fraction of sp³-hybridized carbons (Fsp3) is 0.0909. The Bertz CT molecular complexity index is 1280. The average Bonchev–Trinajstić information content (AvgIpc) is 3.19. The van der Waals surface area contributed by atoms with Crippen molar-refractivity contribution in [3.63, 3.8) is 0 Å². The number of rotatable bonds is 4. The normalized spacial score (nSPS) is 11.2. The van der Waals surface area contributed by atoms with Gasteiger partial charge in [-0.25, -0.2) is 4.98 Å². The Kier molecular flexibility index (Phi) is 3.94. The van der Waals surface area contributed by atoms with Crippen molar-refractivity contribution in [1.29, 1.82) is 0 Å². The maximum Gasteiger partial charge on any atom is 0.254 e. The van der Waals surface area contributed by atoms with Crippen LogP contribution >= 0.6 is 0 Å². The van der Waals surface area contributed by atoms with Crippen molar-refractivity contribution in [3.05, 3.63) is 78.8 Å². The highest BCUT2D eigenvalue weighted by Gasteiger charge is 2.12. The van der Waals surface area contributed by atoms with Crippen LogP contribution in [-0.2, 0) is 6.42 Å². The van der Waals surface area contributed by atoms with Crippen molar-refractivity contribution in [2.75, 3.05) is 5.32 Å². The summed E-state index contributed by atoms with van der Waals surface area (Å²) >= 11 is 0. The maximum atomic E-state index is 4.66. The van der Waals surface area contributed by atoms with Crippen molar-refractivity contribution in [1.82, 2.24) is 24.6 Å². The summed E-state index contributed by atoms with van der Waals surface area (Å²) in [6.45, 7) is 2.08. The van der Waals surface area contributed by atoms with Gasteiger partial charge in [-0.15, -0.1) is 5.10 Å². The van der Waals surface area contributed by atoms with Gasteiger partial charge in [-0.1, -0.05) is 37.3 Å². The number of hydrogen-bond acceptors (Lipinski definition) is 5. The molecule has 5 aromatic rings. The van der Waals surface area contributed by atoms with Crippen LogP contribution in [0.3, 0.4) is 0 Å². The second-order valence-electron chi connectivity index (χ2n) is 6.56. The molecule has 0 unspecified atom stereocenters. The molecule has 3 heterocycles. The van der Waals surface area contributed by atoms with Gasteiger partial charge in [-0.3, -0.25) is 4.98 Å². The largest absolute Gasteiger partial charge is 0.340 e. The number of anilines is 2. The molecule has 0 bridgehead atoms. The number of hydrogen-bond donors (Lipinski definition) is 1. The number of nitrogens with one attached hydrogen (secondary N) is 1.